The van der Waals surface area contributed by atoms with Gasteiger partial charge in [-0.25, -0.2) is 0 Å². The molecular formula is C22H16ClN3O4S. The van der Waals surface area contributed by atoms with Gasteiger partial charge in [-0.05, 0) is 41.6 Å². The molecule has 0 radical (unpaired) electrons. The van der Waals surface area contributed by atoms with Crippen LogP contribution >= 0.6 is 23.4 Å². The third-order valence-corrected chi connectivity index (χ3v) is 6.11. The van der Waals surface area contributed by atoms with Crippen molar-refractivity contribution in [2.24, 2.45) is 0 Å². The Bertz CT molecular complexity index is 1220. The highest BCUT2D eigenvalue weighted by molar-refractivity contribution is 8.18. The van der Waals surface area contributed by atoms with Gasteiger partial charge in [0, 0.05) is 28.5 Å². The van der Waals surface area contributed by atoms with Crippen LogP contribution in [0.1, 0.15) is 16.8 Å². The summed E-state index contributed by atoms with van der Waals surface area (Å²) in [7, 11) is 0. The second-order valence-corrected chi connectivity index (χ2v) is 8.21. The number of carbonyl (C=O) groups excluding carboxylic acids is 2. The molecule has 0 aliphatic carbocycles. The lowest BCUT2D eigenvalue weighted by Gasteiger charge is -2.13. The molecule has 2 aromatic carbocycles. The number of hydrogen-bond acceptors (Lipinski definition) is 5. The summed E-state index contributed by atoms with van der Waals surface area (Å²) in [5.74, 6) is -0.395. The molecule has 0 spiro atoms. The zero-order valence-corrected chi connectivity index (χ0v) is 17.7. The molecule has 0 atom stereocenters. The molecule has 156 valence electrons. The summed E-state index contributed by atoms with van der Waals surface area (Å²) in [4.78, 5) is 37.6. The van der Waals surface area contributed by atoms with E-state index in [0.717, 1.165) is 16.7 Å². The van der Waals surface area contributed by atoms with Gasteiger partial charge in [0.2, 0.25) is 0 Å². The summed E-state index contributed by atoms with van der Waals surface area (Å²) >= 11 is 7.02. The largest absolute Gasteiger partial charge is 0.343 e. The van der Waals surface area contributed by atoms with E-state index in [9.17, 15) is 19.7 Å². The zero-order valence-electron chi connectivity index (χ0n) is 16.1. The first kappa shape index (κ1) is 20.9. The highest BCUT2D eigenvalue weighted by Crippen LogP contribution is 2.34. The smallest absolute Gasteiger partial charge is 0.293 e. The maximum atomic E-state index is 12.8. The predicted molar refractivity (Wildman–Crippen MR) is 120 cm³/mol. The number of imide groups is 1. The van der Waals surface area contributed by atoms with Crippen molar-refractivity contribution in [3.8, 4) is 0 Å². The van der Waals surface area contributed by atoms with E-state index in [2.05, 4.69) is 0 Å². The van der Waals surface area contributed by atoms with E-state index in [4.69, 9.17) is 11.6 Å². The van der Waals surface area contributed by atoms with Gasteiger partial charge in [0.15, 0.2) is 0 Å². The Morgan fingerprint density at radius 2 is 1.68 bits per heavy atom. The number of thioether (sulfide) groups is 1. The van der Waals surface area contributed by atoms with Crippen molar-refractivity contribution >= 4 is 46.3 Å². The van der Waals surface area contributed by atoms with Gasteiger partial charge >= 0.3 is 0 Å². The molecule has 9 heteroatoms. The van der Waals surface area contributed by atoms with Crippen molar-refractivity contribution in [3.63, 3.8) is 0 Å². The van der Waals surface area contributed by atoms with Gasteiger partial charge < -0.3 is 4.57 Å². The van der Waals surface area contributed by atoms with Crippen LogP contribution in [0.4, 0.5) is 10.5 Å². The molecule has 1 saturated heterocycles. The lowest BCUT2D eigenvalue weighted by atomic mass is 10.2. The molecule has 1 aliphatic rings. The number of para-hydroxylation sites is 1. The molecule has 3 aromatic rings. The van der Waals surface area contributed by atoms with Gasteiger partial charge in [-0.15, -0.1) is 0 Å². The van der Waals surface area contributed by atoms with Crippen LogP contribution < -0.4 is 0 Å². The molecule has 1 aliphatic heterocycles. The van der Waals surface area contributed by atoms with Crippen molar-refractivity contribution in [2.75, 3.05) is 0 Å². The number of rotatable bonds is 6. The molecule has 4 rings (SSSR count). The first-order chi connectivity index (χ1) is 14.9. The summed E-state index contributed by atoms with van der Waals surface area (Å²) in [6, 6.07) is 17.1. The molecule has 2 amide bonds. The van der Waals surface area contributed by atoms with E-state index in [1.807, 2.05) is 0 Å². The Balaban J connectivity index is 1.57. The fourth-order valence-corrected chi connectivity index (χ4v) is 4.29. The van der Waals surface area contributed by atoms with E-state index in [1.165, 1.54) is 6.07 Å². The van der Waals surface area contributed by atoms with Gasteiger partial charge in [0.1, 0.15) is 0 Å². The Kier molecular flexibility index (Phi) is 5.92. The summed E-state index contributed by atoms with van der Waals surface area (Å²) in [5, 5.41) is 11.4. The summed E-state index contributed by atoms with van der Waals surface area (Å²) < 4.78 is 1.80. The number of amides is 2. The second kappa shape index (κ2) is 8.79. The summed E-state index contributed by atoms with van der Waals surface area (Å²) in [5.41, 5.74) is 1.93. The number of nitro benzene ring substituents is 1. The highest BCUT2D eigenvalue weighted by atomic mass is 35.5. The molecule has 0 N–H and O–H groups in total. The number of nitro groups is 1. The molecule has 7 nitrogen and oxygen atoms in total. The lowest BCUT2D eigenvalue weighted by Crippen LogP contribution is -2.27. The average Bonchev–Trinajstić information content (AvgIpc) is 3.29. The van der Waals surface area contributed by atoms with E-state index in [-0.39, 0.29) is 24.0 Å². The number of carbonyl (C=O) groups is 2. The molecular weight excluding hydrogens is 438 g/mol. The molecule has 31 heavy (non-hydrogen) atoms. The van der Waals surface area contributed by atoms with E-state index >= 15 is 0 Å². The quantitative estimate of drug-likeness (QED) is 0.286. The van der Waals surface area contributed by atoms with Gasteiger partial charge in [-0.1, -0.05) is 48.0 Å². The molecule has 0 saturated carbocycles. The fraction of sp³-hybridized carbons (Fsp3) is 0.0909. The molecule has 0 unspecified atom stereocenters. The third-order valence-electron chi connectivity index (χ3n) is 4.83. The highest BCUT2D eigenvalue weighted by Gasteiger charge is 2.35. The van der Waals surface area contributed by atoms with E-state index in [1.54, 1.807) is 71.4 Å². The Labute approximate surface area is 187 Å². The van der Waals surface area contributed by atoms with Crippen molar-refractivity contribution < 1.29 is 14.5 Å². The molecule has 1 fully saturated rings. The van der Waals surface area contributed by atoms with Crippen molar-refractivity contribution in [2.45, 2.75) is 13.1 Å². The van der Waals surface area contributed by atoms with Crippen LogP contribution in [0.5, 0.6) is 0 Å². The first-order valence-corrected chi connectivity index (χ1v) is 10.5. The van der Waals surface area contributed by atoms with Gasteiger partial charge in [0.05, 0.1) is 22.9 Å². The minimum Gasteiger partial charge on any atom is -0.343 e. The second-order valence-electron chi connectivity index (χ2n) is 6.81. The van der Waals surface area contributed by atoms with Crippen LogP contribution in [-0.2, 0) is 17.9 Å². The van der Waals surface area contributed by atoms with Crippen molar-refractivity contribution in [1.82, 2.24) is 9.47 Å². The van der Waals surface area contributed by atoms with Crippen LogP contribution in [-0.4, -0.2) is 25.5 Å². The number of halogens is 1. The van der Waals surface area contributed by atoms with Gasteiger partial charge in [-0.3, -0.25) is 24.6 Å². The van der Waals surface area contributed by atoms with Gasteiger partial charge in [0.25, 0.3) is 16.8 Å². The summed E-state index contributed by atoms with van der Waals surface area (Å²) in [6.07, 6.45) is 3.41. The Morgan fingerprint density at radius 3 is 2.42 bits per heavy atom. The maximum Gasteiger partial charge on any atom is 0.293 e. The topological polar surface area (TPSA) is 85.5 Å². The van der Waals surface area contributed by atoms with Crippen LogP contribution in [0.3, 0.4) is 0 Å². The average molecular weight is 454 g/mol. The van der Waals surface area contributed by atoms with Crippen LogP contribution in [0, 0.1) is 10.1 Å². The van der Waals surface area contributed by atoms with E-state index in [0.29, 0.717) is 26.7 Å². The Morgan fingerprint density at radius 1 is 0.968 bits per heavy atom. The van der Waals surface area contributed by atoms with Gasteiger partial charge in [-0.2, -0.15) is 0 Å². The first-order valence-electron chi connectivity index (χ1n) is 9.30. The SMILES string of the molecule is O=C1S/C(=C/c2cccn2Cc2ccccc2[N+](=O)[O-])C(=O)N1Cc1ccccc1Cl. The standard InChI is InChI=1S/C22H16ClN3O4S/c23-18-9-3-1-6-15(18)14-25-21(27)20(31-22(25)28)12-17-8-5-11-24(17)13-16-7-2-4-10-19(16)26(29)30/h1-12H,13-14H2/b20-12+. The number of nitrogens with zero attached hydrogens (tertiary/aromatic N) is 3. The minimum atomic E-state index is -0.418. The number of aromatic nitrogens is 1. The normalized spacial score (nSPS) is 15.1. The van der Waals surface area contributed by atoms with E-state index < -0.39 is 10.8 Å². The monoisotopic (exact) mass is 453 g/mol. The summed E-state index contributed by atoms with van der Waals surface area (Å²) in [6.45, 7) is 0.359. The minimum absolute atomic E-state index is 0.0298. The Hall–Kier alpha value is -3.36. The fourth-order valence-electron chi connectivity index (χ4n) is 3.28. The van der Waals surface area contributed by atoms with Crippen molar-refractivity contribution in [1.29, 1.82) is 0 Å². The number of hydrogen-bond donors (Lipinski definition) is 0. The lowest BCUT2D eigenvalue weighted by molar-refractivity contribution is -0.385. The number of benzene rings is 2. The predicted octanol–water partition coefficient (Wildman–Crippen LogP) is 5.33. The van der Waals surface area contributed by atoms with Crippen LogP contribution in [0.2, 0.25) is 5.02 Å². The molecule has 1 aromatic heterocycles. The van der Waals surface area contributed by atoms with Crippen molar-refractivity contribution in [3.05, 3.63) is 104 Å². The third kappa shape index (κ3) is 4.40. The maximum absolute atomic E-state index is 12.8. The van der Waals surface area contributed by atoms with Crippen LogP contribution in [0.15, 0.2) is 71.8 Å². The molecule has 2 heterocycles. The zero-order chi connectivity index (χ0) is 22.0. The molecule has 0 bridgehead atoms. The van der Waals surface area contributed by atoms with Crippen LogP contribution in [0.25, 0.3) is 6.08 Å².